The largest absolute Gasteiger partial charge is 0.361 e. The van der Waals surface area contributed by atoms with Crippen LogP contribution in [0.15, 0.2) is 60.8 Å². The summed E-state index contributed by atoms with van der Waals surface area (Å²) in [5, 5.41) is 6.38. The van der Waals surface area contributed by atoms with E-state index in [0.29, 0.717) is 24.8 Å². The normalized spacial score (nSPS) is 21.4. The molecule has 3 aromatic rings. The maximum Gasteiger partial charge on any atom is 0.245 e. The molecule has 1 aromatic heterocycles. The zero-order valence-corrected chi connectivity index (χ0v) is 23.2. The van der Waals surface area contributed by atoms with Crippen LogP contribution in [0.5, 0.6) is 0 Å². The molecule has 1 aliphatic heterocycles. The molecule has 2 heterocycles. The summed E-state index contributed by atoms with van der Waals surface area (Å²) in [5.41, 5.74) is 3.97. The second-order valence-electron chi connectivity index (χ2n) is 10.9. The van der Waals surface area contributed by atoms with Gasteiger partial charge in [0.05, 0.1) is 11.0 Å². The Morgan fingerprint density at radius 1 is 1.12 bits per heavy atom. The van der Waals surface area contributed by atoms with E-state index >= 15 is 0 Å². The molecule has 4 N–H and O–H groups in total. The minimum Gasteiger partial charge on any atom is -0.361 e. The Bertz CT molecular complexity index is 1540. The van der Waals surface area contributed by atoms with Crippen LogP contribution < -0.4 is 11.1 Å². The zero-order valence-electron chi connectivity index (χ0n) is 29.2. The van der Waals surface area contributed by atoms with Crippen LogP contribution in [-0.4, -0.2) is 83.4 Å². The third-order valence-corrected chi connectivity index (χ3v) is 7.68. The number of amides is 3. The molecule has 3 amide bonds. The molecule has 1 fully saturated rings. The summed E-state index contributed by atoms with van der Waals surface area (Å²) in [6.07, 6.45) is 2.96. The molecule has 1 saturated heterocycles. The number of H-pyrrole nitrogens is 1. The lowest BCUT2D eigenvalue weighted by Gasteiger charge is -2.45. The molecule has 0 spiro atoms. The molecule has 4 rings (SSSR count). The molecule has 0 saturated carbocycles. The fraction of sp³-hybridized carbons (Fsp3) is 0.452. The summed E-state index contributed by atoms with van der Waals surface area (Å²) in [6.45, 7) is -6.50. The first-order valence-electron chi connectivity index (χ1n) is 16.3. The number of nitrogens with zero attached hydrogens (tertiary/aromatic N) is 3. The van der Waals surface area contributed by atoms with E-state index in [4.69, 9.17) is 14.0 Å². The van der Waals surface area contributed by atoms with E-state index in [1.54, 1.807) is 32.3 Å². The van der Waals surface area contributed by atoms with Gasteiger partial charge in [0.25, 0.3) is 0 Å². The third kappa shape index (κ3) is 6.37. The average Bonchev–Trinajstić information content (AvgIpc) is 3.41. The lowest BCUT2D eigenvalue weighted by Crippen LogP contribution is -2.61. The van der Waals surface area contributed by atoms with Crippen LogP contribution in [0, 0.1) is 5.41 Å². The fourth-order valence-electron chi connectivity index (χ4n) is 5.44. The molecule has 0 radical (unpaired) electrons. The number of piperidine rings is 1. The predicted octanol–water partition coefficient (Wildman–Crippen LogP) is 2.72. The van der Waals surface area contributed by atoms with Crippen molar-refractivity contribution >= 4 is 28.6 Å². The number of nitrogens with one attached hydrogen (secondary N) is 2. The molecule has 40 heavy (non-hydrogen) atoms. The van der Waals surface area contributed by atoms with Crippen LogP contribution >= 0.6 is 0 Å². The number of rotatable bonds is 9. The number of para-hydroxylation sites is 1. The van der Waals surface area contributed by atoms with E-state index in [1.165, 1.54) is 9.91 Å². The van der Waals surface area contributed by atoms with Gasteiger partial charge in [0.1, 0.15) is 6.04 Å². The number of benzene rings is 2. The maximum atomic E-state index is 14.4. The predicted molar refractivity (Wildman–Crippen MR) is 157 cm³/mol. The Morgan fingerprint density at radius 3 is 2.52 bits per heavy atom. The van der Waals surface area contributed by atoms with Crippen molar-refractivity contribution in [3.05, 3.63) is 71.9 Å². The van der Waals surface area contributed by atoms with Crippen LogP contribution in [-0.2, 0) is 27.2 Å². The van der Waals surface area contributed by atoms with Crippen molar-refractivity contribution in [3.63, 3.8) is 0 Å². The van der Waals surface area contributed by atoms with Gasteiger partial charge < -0.3 is 20.9 Å². The van der Waals surface area contributed by atoms with Gasteiger partial charge in [-0.25, -0.2) is 5.01 Å². The minimum absolute atomic E-state index is 0.0320. The Morgan fingerprint density at radius 2 is 1.82 bits per heavy atom. The van der Waals surface area contributed by atoms with Crippen LogP contribution in [0.4, 0.5) is 0 Å². The van der Waals surface area contributed by atoms with Gasteiger partial charge in [-0.1, -0.05) is 48.5 Å². The molecule has 1 aliphatic rings. The summed E-state index contributed by atoms with van der Waals surface area (Å²) in [6, 6.07) is 15.5. The number of carbonyl (C=O) groups is 3. The number of carbonyl (C=O) groups excluding carboxylic acids is 3. The molecule has 9 heteroatoms. The monoisotopic (exact) mass is 552 g/mol. The van der Waals surface area contributed by atoms with Crippen LogP contribution in [0.25, 0.3) is 10.9 Å². The highest BCUT2D eigenvalue weighted by molar-refractivity contribution is 5.93. The Balaban J connectivity index is 1.74. The number of fused-ring (bicyclic) bond motifs is 1. The topological polar surface area (TPSA) is 115 Å². The van der Waals surface area contributed by atoms with Crippen LogP contribution in [0.3, 0.4) is 0 Å². The first-order valence-corrected chi connectivity index (χ1v) is 13.3. The molecule has 2 atom stereocenters. The maximum absolute atomic E-state index is 14.4. The third-order valence-electron chi connectivity index (χ3n) is 7.68. The quantitative estimate of drug-likeness (QED) is 0.353. The second kappa shape index (κ2) is 11.8. The summed E-state index contributed by atoms with van der Waals surface area (Å²) < 4.78 is 47.1. The minimum atomic E-state index is -3.41. The molecule has 0 aliphatic carbocycles. The lowest BCUT2D eigenvalue weighted by molar-refractivity contribution is -0.159. The van der Waals surface area contributed by atoms with E-state index < -0.39 is 42.5 Å². The van der Waals surface area contributed by atoms with Gasteiger partial charge in [-0.2, -0.15) is 0 Å². The van der Waals surface area contributed by atoms with Gasteiger partial charge >= 0.3 is 0 Å². The van der Waals surface area contributed by atoms with E-state index in [9.17, 15) is 14.4 Å². The Kier molecular flexibility index (Phi) is 6.51. The van der Waals surface area contributed by atoms with Gasteiger partial charge in [-0.3, -0.25) is 19.4 Å². The fourth-order valence-corrected chi connectivity index (χ4v) is 5.44. The molecule has 0 bridgehead atoms. The van der Waals surface area contributed by atoms with Crippen LogP contribution in [0.2, 0.25) is 0 Å². The summed E-state index contributed by atoms with van der Waals surface area (Å²) in [4.78, 5) is 46.7. The van der Waals surface area contributed by atoms with E-state index in [1.807, 2.05) is 54.6 Å². The first kappa shape index (κ1) is 22.1. The highest BCUT2D eigenvalue weighted by Crippen LogP contribution is 2.36. The van der Waals surface area contributed by atoms with Gasteiger partial charge in [-0.05, 0) is 50.2 Å². The molecular formula is C31H42N6O3. The zero-order chi connectivity index (χ0) is 34.1. The summed E-state index contributed by atoms with van der Waals surface area (Å²) >= 11 is 0. The second-order valence-corrected chi connectivity index (χ2v) is 10.9. The summed E-state index contributed by atoms with van der Waals surface area (Å²) in [7, 11) is 5.17. The molecular weight excluding hydrogens is 504 g/mol. The number of hydrazine groups is 1. The Labute approximate surface area is 245 Å². The first-order chi connectivity index (χ1) is 21.4. The van der Waals surface area contributed by atoms with Gasteiger partial charge in [0.2, 0.25) is 17.7 Å². The Hall–Kier alpha value is -3.69. The number of nitrogens with two attached hydrogens (primary N) is 1. The number of hydrogen-bond acceptors (Lipinski definition) is 5. The smallest absolute Gasteiger partial charge is 0.245 e. The number of aromatic nitrogens is 1. The SMILES string of the molecule is [2H]C([2H])([2H])C(N)(C(=O)N[C@H](Cc1c[nH]c2ccccc12)C(=O)N1CCC[C@@](Cc2ccccc2)(C(=O)N(C)N(C)C)C1)C([2H])([2H])[2H]. The van der Waals surface area contributed by atoms with Crippen molar-refractivity contribution in [2.24, 2.45) is 11.1 Å². The van der Waals surface area contributed by atoms with Crippen molar-refractivity contribution in [2.45, 2.75) is 51.0 Å². The molecule has 2 aromatic carbocycles. The number of likely N-dealkylation sites (tertiary alicyclic amines) is 1. The van der Waals surface area contributed by atoms with E-state index in [-0.39, 0.29) is 25.4 Å². The molecule has 0 unspecified atom stereocenters. The van der Waals surface area contributed by atoms with Crippen molar-refractivity contribution in [1.82, 2.24) is 25.2 Å². The standard InChI is InChI=1S/C31H42N6O3/c1-30(2,32)28(39)34-26(18-23-20-33-25-15-10-9-14-24(23)25)27(38)37-17-11-16-31(21-37,29(40)36(5)35(3)4)19-22-12-7-6-8-13-22/h6-10,12-15,20,26,33H,11,16-19,21,32H2,1-5H3,(H,34,39)/t26-,31+/m1/s1/i1D3,2D3. The number of aromatic amines is 1. The molecule has 9 nitrogen and oxygen atoms in total. The van der Waals surface area contributed by atoms with E-state index in [0.717, 1.165) is 16.5 Å². The highest BCUT2D eigenvalue weighted by Gasteiger charge is 2.46. The summed E-state index contributed by atoms with van der Waals surface area (Å²) in [5.74, 6) is -2.24. The average molecular weight is 553 g/mol. The van der Waals surface area contributed by atoms with Gasteiger partial charge in [0, 0.05) is 66.0 Å². The highest BCUT2D eigenvalue weighted by atomic mass is 16.2. The van der Waals surface area contributed by atoms with Crippen molar-refractivity contribution in [2.75, 3.05) is 34.2 Å². The van der Waals surface area contributed by atoms with Crippen molar-refractivity contribution in [1.29, 1.82) is 0 Å². The lowest BCUT2D eigenvalue weighted by atomic mass is 9.74. The molecule has 214 valence electrons. The van der Waals surface area contributed by atoms with Gasteiger partial charge in [-0.15, -0.1) is 0 Å². The van der Waals surface area contributed by atoms with E-state index in [2.05, 4.69) is 10.3 Å². The van der Waals surface area contributed by atoms with Gasteiger partial charge in [0.15, 0.2) is 0 Å². The van der Waals surface area contributed by atoms with Crippen molar-refractivity contribution < 1.29 is 22.6 Å². The van der Waals surface area contributed by atoms with Crippen LogP contribution in [0.1, 0.15) is 45.9 Å². The van der Waals surface area contributed by atoms with Crippen molar-refractivity contribution in [3.8, 4) is 0 Å². The number of hydrogen-bond donors (Lipinski definition) is 3.